The van der Waals surface area contributed by atoms with Crippen LogP contribution in [0.2, 0.25) is 0 Å². The van der Waals surface area contributed by atoms with Crippen molar-refractivity contribution in [2.75, 3.05) is 11.1 Å². The van der Waals surface area contributed by atoms with Crippen LogP contribution < -0.4 is 11.1 Å². The van der Waals surface area contributed by atoms with E-state index in [1.54, 1.807) is 6.20 Å². The van der Waals surface area contributed by atoms with Crippen molar-refractivity contribution < 1.29 is 0 Å². The van der Waals surface area contributed by atoms with E-state index in [1.165, 1.54) is 12.8 Å². The van der Waals surface area contributed by atoms with E-state index in [-0.39, 0.29) is 11.9 Å². The minimum Gasteiger partial charge on any atom is -0.368 e. The van der Waals surface area contributed by atoms with E-state index in [1.807, 2.05) is 30.6 Å². The van der Waals surface area contributed by atoms with Crippen LogP contribution in [0, 0.1) is 0 Å². The summed E-state index contributed by atoms with van der Waals surface area (Å²) < 4.78 is 0. The first-order valence-electron chi connectivity index (χ1n) is 9.06. The minimum atomic E-state index is -0.0190. The fourth-order valence-electron chi connectivity index (χ4n) is 3.44. The number of nitrogens with zero attached hydrogens (tertiary/aromatic N) is 4. The second-order valence-electron chi connectivity index (χ2n) is 7.00. The first-order chi connectivity index (χ1) is 13.2. The minimum absolute atomic E-state index is 0.0190. The Morgan fingerprint density at radius 2 is 2.15 bits per heavy atom. The number of pyridine rings is 1. The standard InChI is InChI=1S/C19H20N8/c1-10(17-12-4-6-21-14(12)5-7-22-17)13-9-23-19(20)25-18(13)24-16-8-15(26-27-16)11-2-3-11/h4-11,21H,2-3H2,1H3,(H4,20,23,24,25,26,27). The Bertz CT molecular complexity index is 1110. The Labute approximate surface area is 155 Å². The average Bonchev–Trinajstić information content (AvgIpc) is 3.22. The van der Waals surface area contributed by atoms with Crippen molar-refractivity contribution in [3.63, 3.8) is 0 Å². The molecule has 0 saturated heterocycles. The fourth-order valence-corrected chi connectivity index (χ4v) is 3.44. The van der Waals surface area contributed by atoms with Crippen molar-refractivity contribution in [1.82, 2.24) is 30.1 Å². The van der Waals surface area contributed by atoms with E-state index >= 15 is 0 Å². The van der Waals surface area contributed by atoms with Gasteiger partial charge in [-0.3, -0.25) is 10.1 Å². The van der Waals surface area contributed by atoms with Gasteiger partial charge in [0.25, 0.3) is 0 Å². The molecule has 136 valence electrons. The average molecular weight is 360 g/mol. The molecule has 1 atom stereocenters. The van der Waals surface area contributed by atoms with E-state index < -0.39 is 0 Å². The van der Waals surface area contributed by atoms with Gasteiger partial charge in [0.1, 0.15) is 5.82 Å². The van der Waals surface area contributed by atoms with E-state index in [2.05, 4.69) is 42.4 Å². The van der Waals surface area contributed by atoms with Crippen LogP contribution in [0.4, 0.5) is 17.6 Å². The number of rotatable bonds is 5. The smallest absolute Gasteiger partial charge is 0.221 e. The summed E-state index contributed by atoms with van der Waals surface area (Å²) in [6.07, 6.45) is 7.93. The van der Waals surface area contributed by atoms with Crippen LogP contribution in [0.15, 0.2) is 36.8 Å². The van der Waals surface area contributed by atoms with Gasteiger partial charge in [0.15, 0.2) is 5.82 Å². The molecule has 1 aliphatic rings. The van der Waals surface area contributed by atoms with Gasteiger partial charge in [-0.05, 0) is 25.0 Å². The molecule has 1 unspecified atom stereocenters. The predicted octanol–water partition coefficient (Wildman–Crippen LogP) is 3.43. The van der Waals surface area contributed by atoms with Crippen LogP contribution in [0.3, 0.4) is 0 Å². The van der Waals surface area contributed by atoms with Crippen LogP contribution in [0.25, 0.3) is 10.9 Å². The normalized spacial score (nSPS) is 15.1. The maximum absolute atomic E-state index is 5.85. The number of anilines is 3. The maximum atomic E-state index is 5.85. The number of hydrogen-bond donors (Lipinski definition) is 4. The van der Waals surface area contributed by atoms with Crippen molar-refractivity contribution in [1.29, 1.82) is 0 Å². The van der Waals surface area contributed by atoms with Gasteiger partial charge in [0.2, 0.25) is 5.95 Å². The molecule has 0 spiro atoms. The number of nitrogen functional groups attached to an aromatic ring is 1. The van der Waals surface area contributed by atoms with Gasteiger partial charge < -0.3 is 16.0 Å². The highest BCUT2D eigenvalue weighted by atomic mass is 15.2. The van der Waals surface area contributed by atoms with E-state index in [4.69, 9.17) is 5.73 Å². The lowest BCUT2D eigenvalue weighted by Gasteiger charge is -2.16. The highest BCUT2D eigenvalue weighted by molar-refractivity contribution is 5.82. The summed E-state index contributed by atoms with van der Waals surface area (Å²) >= 11 is 0. The van der Waals surface area contributed by atoms with Gasteiger partial charge in [0.05, 0.1) is 5.69 Å². The van der Waals surface area contributed by atoms with Crippen LogP contribution in [0.5, 0.6) is 0 Å². The molecular weight excluding hydrogens is 340 g/mol. The lowest BCUT2D eigenvalue weighted by atomic mass is 9.96. The molecule has 27 heavy (non-hydrogen) atoms. The molecule has 4 aromatic heterocycles. The van der Waals surface area contributed by atoms with E-state index in [9.17, 15) is 0 Å². The van der Waals surface area contributed by atoms with Gasteiger partial charge in [-0.15, -0.1) is 0 Å². The molecule has 1 fully saturated rings. The van der Waals surface area contributed by atoms with Crippen LogP contribution >= 0.6 is 0 Å². The third-order valence-electron chi connectivity index (χ3n) is 5.08. The number of hydrogen-bond acceptors (Lipinski definition) is 6. The van der Waals surface area contributed by atoms with Crippen molar-refractivity contribution in [2.24, 2.45) is 0 Å². The van der Waals surface area contributed by atoms with Gasteiger partial charge >= 0.3 is 0 Å². The molecule has 0 aliphatic heterocycles. The Hall–Kier alpha value is -3.42. The maximum Gasteiger partial charge on any atom is 0.221 e. The summed E-state index contributed by atoms with van der Waals surface area (Å²) in [5, 5.41) is 11.8. The Balaban J connectivity index is 1.52. The molecule has 4 aromatic rings. The second kappa shape index (κ2) is 6.08. The largest absolute Gasteiger partial charge is 0.368 e. The molecule has 0 amide bonds. The number of H-pyrrole nitrogens is 2. The van der Waals surface area contributed by atoms with Crippen molar-refractivity contribution in [3.8, 4) is 0 Å². The monoisotopic (exact) mass is 360 g/mol. The van der Waals surface area contributed by atoms with Gasteiger partial charge in [0, 0.05) is 58.7 Å². The SMILES string of the molecule is CC(c1cnc(N)nc1Nc1cc(C2CC2)[nH]n1)c1nccc2[nH]ccc12. The summed E-state index contributed by atoms with van der Waals surface area (Å²) in [5.74, 6) is 2.19. The Morgan fingerprint density at radius 3 is 3.00 bits per heavy atom. The molecule has 0 radical (unpaired) electrons. The third kappa shape index (κ3) is 2.88. The zero-order valence-electron chi connectivity index (χ0n) is 14.9. The highest BCUT2D eigenvalue weighted by Crippen LogP contribution is 2.40. The zero-order valence-corrected chi connectivity index (χ0v) is 14.9. The summed E-state index contributed by atoms with van der Waals surface area (Å²) in [5.41, 5.74) is 9.94. The topological polar surface area (TPSA) is 121 Å². The molecule has 0 aromatic carbocycles. The van der Waals surface area contributed by atoms with Gasteiger partial charge in [-0.1, -0.05) is 6.92 Å². The van der Waals surface area contributed by atoms with Gasteiger partial charge in [-0.25, -0.2) is 4.98 Å². The lowest BCUT2D eigenvalue weighted by molar-refractivity contribution is 0.869. The first kappa shape index (κ1) is 15.8. The Morgan fingerprint density at radius 1 is 1.26 bits per heavy atom. The number of nitrogens with one attached hydrogen (secondary N) is 3. The van der Waals surface area contributed by atoms with Crippen LogP contribution in [-0.2, 0) is 0 Å². The molecule has 8 heteroatoms. The van der Waals surface area contributed by atoms with Crippen molar-refractivity contribution >= 4 is 28.5 Å². The first-order valence-corrected chi connectivity index (χ1v) is 9.06. The summed E-state index contributed by atoms with van der Waals surface area (Å²) in [7, 11) is 0. The Kier molecular flexibility index (Phi) is 3.56. The number of aromatic amines is 2. The predicted molar refractivity (Wildman–Crippen MR) is 104 cm³/mol. The highest BCUT2D eigenvalue weighted by Gasteiger charge is 2.26. The van der Waals surface area contributed by atoms with Crippen LogP contribution in [-0.4, -0.2) is 30.1 Å². The number of nitrogens with two attached hydrogens (primary N) is 1. The molecular formula is C19H20N8. The van der Waals surface area contributed by atoms with E-state index in [0.29, 0.717) is 11.7 Å². The van der Waals surface area contributed by atoms with E-state index in [0.717, 1.165) is 33.7 Å². The molecule has 8 nitrogen and oxygen atoms in total. The molecule has 1 aliphatic carbocycles. The zero-order chi connectivity index (χ0) is 18.4. The molecule has 0 bridgehead atoms. The van der Waals surface area contributed by atoms with Gasteiger partial charge in [-0.2, -0.15) is 10.1 Å². The lowest BCUT2D eigenvalue weighted by Crippen LogP contribution is -2.08. The van der Waals surface area contributed by atoms with Crippen LogP contribution in [0.1, 0.15) is 48.6 Å². The number of fused-ring (bicyclic) bond motifs is 1. The summed E-state index contributed by atoms with van der Waals surface area (Å²) in [4.78, 5) is 16.5. The second-order valence-corrected chi connectivity index (χ2v) is 7.00. The fraction of sp³-hybridized carbons (Fsp3) is 0.263. The van der Waals surface area contributed by atoms with Crippen molar-refractivity contribution in [3.05, 3.63) is 53.7 Å². The molecule has 4 heterocycles. The number of aromatic nitrogens is 6. The third-order valence-corrected chi connectivity index (χ3v) is 5.08. The summed E-state index contributed by atoms with van der Waals surface area (Å²) in [6, 6.07) is 6.04. The molecule has 1 saturated carbocycles. The summed E-state index contributed by atoms with van der Waals surface area (Å²) in [6.45, 7) is 2.09. The quantitative estimate of drug-likeness (QED) is 0.433. The molecule has 5 N–H and O–H groups in total. The molecule has 5 rings (SSSR count). The van der Waals surface area contributed by atoms with Crippen molar-refractivity contribution in [2.45, 2.75) is 31.6 Å².